The highest BCUT2D eigenvalue weighted by Crippen LogP contribution is 2.29. The largest absolute Gasteiger partial charge is 0.494 e. The Hall–Kier alpha value is -2.77. The van der Waals surface area contributed by atoms with Crippen molar-refractivity contribution < 1.29 is 29.7 Å². The van der Waals surface area contributed by atoms with Gasteiger partial charge in [-0.05, 0) is 0 Å². The van der Waals surface area contributed by atoms with Crippen molar-refractivity contribution in [3.8, 4) is 11.8 Å². The van der Waals surface area contributed by atoms with Crippen molar-refractivity contribution in [3.63, 3.8) is 0 Å². The van der Waals surface area contributed by atoms with Crippen LogP contribution in [0.4, 0.5) is 4.79 Å². The fourth-order valence-corrected chi connectivity index (χ4v) is 1.46. The Bertz CT molecular complexity index is 551. The molecule has 1 aliphatic heterocycles. The number of nitrogens with zero attached hydrogens (tertiary/aromatic N) is 2. The smallest absolute Gasteiger partial charge is 0.421 e. The quantitative estimate of drug-likeness (QED) is 0.582. The van der Waals surface area contributed by atoms with Gasteiger partial charge in [0.05, 0.1) is 0 Å². The standard InChI is InChI=1S/C9H6N2O6/c12-5-1-2-6(13)10(5)4-3-7(14)11(8(4)15)9(16)17/h1-3,12-13H,(H,16,17). The first-order valence-electron chi connectivity index (χ1n) is 4.36. The number of hydrogen-bond donors (Lipinski definition) is 3. The SMILES string of the molecule is O=C(O)N1C(=O)C=C(n2c(O)ccc2O)C1=O. The highest BCUT2D eigenvalue weighted by Gasteiger charge is 2.38. The molecule has 3 N–H and O–H groups in total. The highest BCUT2D eigenvalue weighted by molar-refractivity contribution is 6.34. The third-order valence-electron chi connectivity index (χ3n) is 2.17. The van der Waals surface area contributed by atoms with Gasteiger partial charge >= 0.3 is 6.09 Å². The van der Waals surface area contributed by atoms with Crippen LogP contribution in [0.1, 0.15) is 0 Å². The molecule has 1 aromatic heterocycles. The molecular formula is C9H6N2O6. The number of carboxylic acid groups (broad SMARTS) is 1. The second kappa shape index (κ2) is 3.37. The summed E-state index contributed by atoms with van der Waals surface area (Å²) in [7, 11) is 0. The lowest BCUT2D eigenvalue weighted by Crippen LogP contribution is -2.36. The summed E-state index contributed by atoms with van der Waals surface area (Å²) < 4.78 is 0.670. The molecule has 88 valence electrons. The summed E-state index contributed by atoms with van der Waals surface area (Å²) in [5, 5.41) is 27.3. The number of amides is 3. The van der Waals surface area contributed by atoms with Gasteiger partial charge in [-0.1, -0.05) is 0 Å². The van der Waals surface area contributed by atoms with Crippen molar-refractivity contribution in [2.24, 2.45) is 0 Å². The number of aromatic hydroxyl groups is 2. The Kier molecular flexibility index (Phi) is 2.13. The summed E-state index contributed by atoms with van der Waals surface area (Å²) in [5.41, 5.74) is -0.433. The summed E-state index contributed by atoms with van der Waals surface area (Å²) >= 11 is 0. The number of carbonyl (C=O) groups is 3. The third kappa shape index (κ3) is 1.42. The summed E-state index contributed by atoms with van der Waals surface area (Å²) in [6.45, 7) is 0. The number of aromatic nitrogens is 1. The van der Waals surface area contributed by atoms with E-state index in [1.54, 1.807) is 0 Å². The summed E-state index contributed by atoms with van der Waals surface area (Å²) in [5.74, 6) is -3.15. The van der Waals surface area contributed by atoms with Crippen molar-refractivity contribution in [1.82, 2.24) is 9.47 Å². The molecule has 0 unspecified atom stereocenters. The minimum absolute atomic E-state index is 0.0196. The first-order chi connectivity index (χ1) is 7.93. The van der Waals surface area contributed by atoms with Gasteiger partial charge in [-0.25, -0.2) is 9.36 Å². The first-order valence-corrected chi connectivity index (χ1v) is 4.36. The molecule has 0 bridgehead atoms. The van der Waals surface area contributed by atoms with E-state index in [9.17, 15) is 24.6 Å². The van der Waals surface area contributed by atoms with Crippen molar-refractivity contribution in [3.05, 3.63) is 18.2 Å². The first kappa shape index (κ1) is 10.7. The molecule has 1 aromatic rings. The summed E-state index contributed by atoms with van der Waals surface area (Å²) in [4.78, 5) is 33.4. The number of carbonyl (C=O) groups excluding carboxylic acids is 2. The van der Waals surface area contributed by atoms with Crippen LogP contribution in [0.15, 0.2) is 18.2 Å². The van der Waals surface area contributed by atoms with Crippen LogP contribution in [-0.2, 0) is 9.59 Å². The summed E-state index contributed by atoms with van der Waals surface area (Å²) in [6.07, 6.45) is -1.01. The van der Waals surface area contributed by atoms with E-state index in [0.29, 0.717) is 4.57 Å². The van der Waals surface area contributed by atoms with Crippen molar-refractivity contribution in [1.29, 1.82) is 0 Å². The Morgan fingerprint density at radius 2 is 1.65 bits per heavy atom. The number of hydrogen-bond acceptors (Lipinski definition) is 5. The molecule has 1 aliphatic rings. The molecule has 2 heterocycles. The van der Waals surface area contributed by atoms with E-state index in [4.69, 9.17) is 5.11 Å². The van der Waals surface area contributed by atoms with Gasteiger partial charge in [0.2, 0.25) is 0 Å². The molecule has 0 atom stereocenters. The molecule has 3 amide bonds. The van der Waals surface area contributed by atoms with Crippen molar-refractivity contribution in [2.45, 2.75) is 0 Å². The van der Waals surface area contributed by atoms with Gasteiger partial charge in [-0.2, -0.15) is 4.90 Å². The molecule has 0 aromatic carbocycles. The lowest BCUT2D eigenvalue weighted by molar-refractivity contribution is -0.133. The van der Waals surface area contributed by atoms with Crippen LogP contribution in [-0.4, -0.2) is 42.7 Å². The third-order valence-corrected chi connectivity index (χ3v) is 2.17. The minimum Gasteiger partial charge on any atom is -0.494 e. The van der Waals surface area contributed by atoms with E-state index in [0.717, 1.165) is 18.2 Å². The fraction of sp³-hybridized carbons (Fsp3) is 0. The van der Waals surface area contributed by atoms with E-state index in [1.165, 1.54) is 0 Å². The number of imide groups is 3. The molecule has 0 saturated heterocycles. The van der Waals surface area contributed by atoms with Gasteiger partial charge < -0.3 is 15.3 Å². The fourth-order valence-electron chi connectivity index (χ4n) is 1.46. The van der Waals surface area contributed by atoms with Crippen LogP contribution >= 0.6 is 0 Å². The highest BCUT2D eigenvalue weighted by atomic mass is 16.4. The minimum atomic E-state index is -1.72. The maximum Gasteiger partial charge on any atom is 0.421 e. The van der Waals surface area contributed by atoms with Gasteiger partial charge in [-0.15, -0.1) is 0 Å². The molecular weight excluding hydrogens is 232 g/mol. The molecule has 0 fully saturated rings. The van der Waals surface area contributed by atoms with Crippen LogP contribution < -0.4 is 0 Å². The zero-order valence-corrected chi connectivity index (χ0v) is 8.19. The van der Waals surface area contributed by atoms with E-state index in [-0.39, 0.29) is 4.90 Å². The van der Waals surface area contributed by atoms with E-state index in [2.05, 4.69) is 0 Å². The zero-order valence-electron chi connectivity index (χ0n) is 8.19. The van der Waals surface area contributed by atoms with Crippen LogP contribution in [0.5, 0.6) is 11.8 Å². The molecule has 2 rings (SSSR count). The van der Waals surface area contributed by atoms with Gasteiger partial charge in [0.15, 0.2) is 11.8 Å². The molecule has 0 radical (unpaired) electrons. The lowest BCUT2D eigenvalue weighted by Gasteiger charge is -2.09. The van der Waals surface area contributed by atoms with E-state index >= 15 is 0 Å². The van der Waals surface area contributed by atoms with Gasteiger partial charge in [0.25, 0.3) is 11.8 Å². The second-order valence-corrected chi connectivity index (χ2v) is 3.18. The Morgan fingerprint density at radius 1 is 1.12 bits per heavy atom. The Balaban J connectivity index is 2.50. The molecule has 8 nitrogen and oxygen atoms in total. The van der Waals surface area contributed by atoms with Crippen molar-refractivity contribution >= 4 is 23.6 Å². The van der Waals surface area contributed by atoms with E-state index in [1.807, 2.05) is 0 Å². The van der Waals surface area contributed by atoms with Crippen LogP contribution in [0.25, 0.3) is 5.70 Å². The van der Waals surface area contributed by atoms with E-state index < -0.39 is 35.4 Å². The zero-order chi connectivity index (χ0) is 12.7. The average molecular weight is 238 g/mol. The van der Waals surface area contributed by atoms with Gasteiger partial charge in [-0.3, -0.25) is 9.59 Å². The lowest BCUT2D eigenvalue weighted by atomic mass is 10.4. The second-order valence-electron chi connectivity index (χ2n) is 3.18. The Labute approximate surface area is 93.6 Å². The predicted octanol–water partition coefficient (Wildman–Crippen LogP) is -0.213. The molecule has 0 spiro atoms. The average Bonchev–Trinajstić information content (AvgIpc) is 2.68. The topological polar surface area (TPSA) is 120 Å². The monoisotopic (exact) mass is 238 g/mol. The Morgan fingerprint density at radius 3 is 2.06 bits per heavy atom. The molecule has 17 heavy (non-hydrogen) atoms. The van der Waals surface area contributed by atoms with Crippen LogP contribution in [0, 0.1) is 0 Å². The normalized spacial score (nSPS) is 15.3. The maximum absolute atomic E-state index is 11.6. The van der Waals surface area contributed by atoms with Crippen LogP contribution in [0.2, 0.25) is 0 Å². The number of rotatable bonds is 1. The summed E-state index contributed by atoms with van der Waals surface area (Å²) in [6, 6.07) is 2.19. The predicted molar refractivity (Wildman–Crippen MR) is 51.9 cm³/mol. The molecule has 0 saturated carbocycles. The van der Waals surface area contributed by atoms with Crippen LogP contribution in [0.3, 0.4) is 0 Å². The molecule has 0 aliphatic carbocycles. The van der Waals surface area contributed by atoms with Gasteiger partial charge in [0, 0.05) is 18.2 Å². The maximum atomic E-state index is 11.6. The molecule has 8 heteroatoms. The van der Waals surface area contributed by atoms with Gasteiger partial charge in [0.1, 0.15) is 5.70 Å². The van der Waals surface area contributed by atoms with Crippen molar-refractivity contribution in [2.75, 3.05) is 0 Å².